The number of rotatable bonds is 1. The summed E-state index contributed by atoms with van der Waals surface area (Å²) in [6.45, 7) is 0. The first-order valence-corrected chi connectivity index (χ1v) is 3.93. The standard InChI is InChI=1S/C5H5N5S/c1-10-5(7-8-9-10)4-2-11-3-6-4/h2-3H,1H3. The van der Waals surface area contributed by atoms with Crippen molar-refractivity contribution in [3.63, 3.8) is 0 Å². The van der Waals surface area contributed by atoms with Gasteiger partial charge in [-0.3, -0.25) is 0 Å². The quantitative estimate of drug-likeness (QED) is 0.614. The fraction of sp³-hybridized carbons (Fsp3) is 0.200. The minimum absolute atomic E-state index is 0.700. The summed E-state index contributed by atoms with van der Waals surface area (Å²) in [7, 11) is 1.79. The predicted molar refractivity (Wildman–Crippen MR) is 39.9 cm³/mol. The highest BCUT2D eigenvalue weighted by Gasteiger charge is 2.05. The van der Waals surface area contributed by atoms with E-state index in [4.69, 9.17) is 0 Å². The molecule has 6 heteroatoms. The van der Waals surface area contributed by atoms with Gasteiger partial charge >= 0.3 is 0 Å². The van der Waals surface area contributed by atoms with Crippen LogP contribution in [-0.4, -0.2) is 25.2 Å². The average molecular weight is 167 g/mol. The van der Waals surface area contributed by atoms with Crippen molar-refractivity contribution >= 4 is 11.3 Å². The van der Waals surface area contributed by atoms with Crippen LogP contribution in [0.3, 0.4) is 0 Å². The number of tetrazole rings is 1. The van der Waals surface area contributed by atoms with Crippen LogP contribution in [0.25, 0.3) is 11.5 Å². The molecule has 0 atom stereocenters. The van der Waals surface area contributed by atoms with Crippen LogP contribution in [0.4, 0.5) is 0 Å². The predicted octanol–water partition coefficient (Wildman–Crippen LogP) is 0.334. The van der Waals surface area contributed by atoms with Crippen molar-refractivity contribution in [3.8, 4) is 11.5 Å². The molecule has 2 rings (SSSR count). The van der Waals surface area contributed by atoms with E-state index in [0.29, 0.717) is 5.82 Å². The van der Waals surface area contributed by atoms with E-state index in [1.165, 1.54) is 11.3 Å². The van der Waals surface area contributed by atoms with Gasteiger partial charge in [0.2, 0.25) is 5.82 Å². The molecule has 0 aliphatic carbocycles. The molecule has 0 aromatic carbocycles. The van der Waals surface area contributed by atoms with Crippen LogP contribution in [0.2, 0.25) is 0 Å². The Morgan fingerprint density at radius 3 is 3.00 bits per heavy atom. The fourth-order valence-electron chi connectivity index (χ4n) is 0.769. The van der Waals surface area contributed by atoms with Crippen molar-refractivity contribution in [2.24, 2.45) is 7.05 Å². The zero-order valence-corrected chi connectivity index (χ0v) is 6.62. The molecule has 2 aromatic rings. The fourth-order valence-corrected chi connectivity index (χ4v) is 1.30. The zero-order chi connectivity index (χ0) is 7.68. The van der Waals surface area contributed by atoms with Gasteiger partial charge in [-0.1, -0.05) is 0 Å². The zero-order valence-electron chi connectivity index (χ0n) is 5.80. The number of nitrogens with zero attached hydrogens (tertiary/aromatic N) is 5. The summed E-state index contributed by atoms with van der Waals surface area (Å²) in [5.41, 5.74) is 2.58. The first-order chi connectivity index (χ1) is 5.38. The molecule has 0 fully saturated rings. The highest BCUT2D eigenvalue weighted by Crippen LogP contribution is 2.13. The molecule has 0 aliphatic heterocycles. The number of thiazole rings is 1. The summed E-state index contributed by atoms with van der Waals surface area (Å²) in [6, 6.07) is 0. The molecular weight excluding hydrogens is 162 g/mol. The second-order valence-corrected chi connectivity index (χ2v) is 2.72. The van der Waals surface area contributed by atoms with Crippen molar-refractivity contribution in [2.75, 3.05) is 0 Å². The lowest BCUT2D eigenvalue weighted by Crippen LogP contribution is -1.94. The van der Waals surface area contributed by atoms with Crippen LogP contribution in [0.1, 0.15) is 0 Å². The first kappa shape index (κ1) is 6.41. The van der Waals surface area contributed by atoms with Crippen molar-refractivity contribution < 1.29 is 0 Å². The minimum Gasteiger partial charge on any atom is -0.241 e. The number of hydrogen-bond acceptors (Lipinski definition) is 5. The summed E-state index contributed by atoms with van der Waals surface area (Å²) in [5.74, 6) is 0.700. The number of hydrogen-bond donors (Lipinski definition) is 0. The van der Waals surface area contributed by atoms with E-state index in [2.05, 4.69) is 20.5 Å². The van der Waals surface area contributed by atoms with E-state index in [9.17, 15) is 0 Å². The van der Waals surface area contributed by atoms with E-state index >= 15 is 0 Å². The second-order valence-electron chi connectivity index (χ2n) is 2.00. The van der Waals surface area contributed by atoms with Crippen LogP contribution in [0, 0.1) is 0 Å². The van der Waals surface area contributed by atoms with Crippen molar-refractivity contribution in [2.45, 2.75) is 0 Å². The molecule has 0 saturated heterocycles. The third-order valence-corrected chi connectivity index (χ3v) is 1.87. The molecule has 0 spiro atoms. The smallest absolute Gasteiger partial charge is 0.201 e. The van der Waals surface area contributed by atoms with Crippen molar-refractivity contribution in [1.82, 2.24) is 25.2 Å². The van der Waals surface area contributed by atoms with Gasteiger partial charge in [-0.2, -0.15) is 0 Å². The lowest BCUT2D eigenvalue weighted by atomic mass is 10.5. The molecule has 0 N–H and O–H groups in total. The van der Waals surface area contributed by atoms with Crippen molar-refractivity contribution in [1.29, 1.82) is 0 Å². The van der Waals surface area contributed by atoms with Gasteiger partial charge in [0.25, 0.3) is 0 Å². The molecule has 0 radical (unpaired) electrons. The van der Waals surface area contributed by atoms with Gasteiger partial charge in [0, 0.05) is 12.4 Å². The lowest BCUT2D eigenvalue weighted by Gasteiger charge is -1.89. The Bertz CT molecular complexity index is 337. The highest BCUT2D eigenvalue weighted by molar-refractivity contribution is 7.07. The molecule has 56 valence electrons. The monoisotopic (exact) mass is 167 g/mol. The van der Waals surface area contributed by atoms with Crippen LogP contribution < -0.4 is 0 Å². The van der Waals surface area contributed by atoms with Gasteiger partial charge in [0.05, 0.1) is 5.51 Å². The molecule has 0 saturated carbocycles. The maximum absolute atomic E-state index is 4.07. The lowest BCUT2D eigenvalue weighted by molar-refractivity contribution is 0.714. The Morgan fingerprint density at radius 2 is 2.45 bits per heavy atom. The summed E-state index contributed by atoms with van der Waals surface area (Å²) >= 11 is 1.53. The maximum atomic E-state index is 4.07. The third-order valence-electron chi connectivity index (χ3n) is 1.28. The van der Waals surface area contributed by atoms with Crippen LogP contribution in [-0.2, 0) is 7.05 Å². The van der Waals surface area contributed by atoms with Crippen molar-refractivity contribution in [3.05, 3.63) is 10.9 Å². The van der Waals surface area contributed by atoms with Gasteiger partial charge in [0.15, 0.2) is 0 Å². The van der Waals surface area contributed by atoms with E-state index in [0.717, 1.165) is 5.69 Å². The molecule has 11 heavy (non-hydrogen) atoms. The second kappa shape index (κ2) is 2.39. The van der Waals surface area contributed by atoms with Gasteiger partial charge < -0.3 is 0 Å². The molecule has 0 bridgehead atoms. The van der Waals surface area contributed by atoms with Gasteiger partial charge in [-0.25, -0.2) is 9.67 Å². The molecule has 2 aromatic heterocycles. The van der Waals surface area contributed by atoms with E-state index in [1.54, 1.807) is 17.2 Å². The number of aryl methyl sites for hydroxylation is 1. The third kappa shape index (κ3) is 1.01. The Kier molecular flexibility index (Phi) is 1.39. The first-order valence-electron chi connectivity index (χ1n) is 2.99. The summed E-state index contributed by atoms with van der Waals surface area (Å²) in [5, 5.41) is 12.9. The van der Waals surface area contributed by atoms with Gasteiger partial charge in [-0.05, 0) is 10.4 Å². The summed E-state index contributed by atoms with van der Waals surface area (Å²) < 4.78 is 1.59. The SMILES string of the molecule is Cn1nnnc1-c1cscn1. The topological polar surface area (TPSA) is 56.5 Å². The Hall–Kier alpha value is -1.30. The molecule has 5 nitrogen and oxygen atoms in total. The van der Waals surface area contributed by atoms with Crippen LogP contribution in [0.5, 0.6) is 0 Å². The Balaban J connectivity index is 2.53. The molecule has 0 amide bonds. The number of aromatic nitrogens is 5. The molecule has 0 aliphatic rings. The van der Waals surface area contributed by atoms with Crippen LogP contribution in [0.15, 0.2) is 10.9 Å². The molecule has 2 heterocycles. The summed E-state index contributed by atoms with van der Waals surface area (Å²) in [6.07, 6.45) is 0. The van der Waals surface area contributed by atoms with Gasteiger partial charge in [-0.15, -0.1) is 16.4 Å². The maximum Gasteiger partial charge on any atom is 0.201 e. The average Bonchev–Trinajstić information content (AvgIpc) is 2.55. The minimum atomic E-state index is 0.700. The molecular formula is C5H5N5S. The van der Waals surface area contributed by atoms with E-state index < -0.39 is 0 Å². The molecule has 0 unspecified atom stereocenters. The largest absolute Gasteiger partial charge is 0.241 e. The Morgan fingerprint density at radius 1 is 1.55 bits per heavy atom. The van der Waals surface area contributed by atoms with Crippen LogP contribution >= 0.6 is 11.3 Å². The highest BCUT2D eigenvalue weighted by atomic mass is 32.1. The van der Waals surface area contributed by atoms with Gasteiger partial charge in [0.1, 0.15) is 5.69 Å². The Labute approximate surface area is 66.7 Å². The normalized spacial score (nSPS) is 10.3. The van der Waals surface area contributed by atoms with E-state index in [1.807, 2.05) is 5.38 Å². The summed E-state index contributed by atoms with van der Waals surface area (Å²) in [4.78, 5) is 4.07. The van der Waals surface area contributed by atoms with E-state index in [-0.39, 0.29) is 0 Å².